The molecular weight excluding hydrogens is 693 g/mol. The van der Waals surface area contributed by atoms with Gasteiger partial charge in [0.15, 0.2) is 0 Å². The highest BCUT2D eigenvalue weighted by molar-refractivity contribution is 6.31. The van der Waals surface area contributed by atoms with Gasteiger partial charge in [-0.25, -0.2) is 24.1 Å². The Hall–Kier alpha value is -5.31. The van der Waals surface area contributed by atoms with Crippen LogP contribution in [-0.2, 0) is 43.1 Å². The summed E-state index contributed by atoms with van der Waals surface area (Å²) in [5.74, 6) is -1.30. The van der Waals surface area contributed by atoms with Crippen molar-refractivity contribution in [2.45, 2.75) is 70.7 Å². The molecule has 5 heterocycles. The first-order valence-electron chi connectivity index (χ1n) is 16.1. The van der Waals surface area contributed by atoms with Crippen LogP contribution in [0.5, 0.6) is 0 Å². The number of imide groups is 1. The maximum Gasteiger partial charge on any atom is 0.433 e. The fourth-order valence-electron chi connectivity index (χ4n) is 5.84. The lowest BCUT2D eigenvalue weighted by Gasteiger charge is -2.30. The molecule has 0 saturated carbocycles. The number of nitrogens with zero attached hydrogens (tertiary/aromatic N) is 5. The van der Waals surface area contributed by atoms with Crippen LogP contribution in [0.3, 0.4) is 0 Å². The highest BCUT2D eigenvalue weighted by Gasteiger charge is 2.41. The molecule has 1 saturated heterocycles. The number of hydrogen-bond donors (Lipinski definition) is 1. The third-order valence-electron chi connectivity index (χ3n) is 8.82. The molecule has 0 bridgehead atoms. The maximum atomic E-state index is 13.6. The summed E-state index contributed by atoms with van der Waals surface area (Å²) in [6, 6.07) is 7.54. The van der Waals surface area contributed by atoms with Gasteiger partial charge in [0, 0.05) is 56.0 Å². The number of fused-ring (bicyclic) bond motifs is 1. The lowest BCUT2D eigenvalue weighted by Crippen LogP contribution is -2.40. The number of rotatable bonds is 8. The van der Waals surface area contributed by atoms with Crippen molar-refractivity contribution in [3.8, 4) is 0 Å². The fraction of sp³-hybridized carbons (Fsp3) is 0.343. The number of halogens is 4. The van der Waals surface area contributed by atoms with E-state index in [0.717, 1.165) is 23.4 Å². The van der Waals surface area contributed by atoms with Gasteiger partial charge in [0.25, 0.3) is 11.8 Å². The molecule has 1 aliphatic heterocycles. The van der Waals surface area contributed by atoms with E-state index in [2.05, 4.69) is 20.3 Å². The topological polar surface area (TPSA) is 146 Å². The molecule has 2 aliphatic rings. The minimum atomic E-state index is -4.51. The molecule has 1 fully saturated rings. The molecule has 2 amide bonds. The Morgan fingerprint density at radius 3 is 2.45 bits per heavy atom. The van der Waals surface area contributed by atoms with Crippen LogP contribution in [0.4, 0.5) is 23.8 Å². The molecule has 12 nitrogen and oxygen atoms in total. The minimum Gasteiger partial charge on any atom is -0.441 e. The van der Waals surface area contributed by atoms with E-state index in [9.17, 15) is 32.3 Å². The zero-order valence-corrected chi connectivity index (χ0v) is 28.0. The Morgan fingerprint density at radius 2 is 1.76 bits per heavy atom. The van der Waals surface area contributed by atoms with Gasteiger partial charge in [0.05, 0.1) is 10.4 Å². The van der Waals surface area contributed by atoms with Crippen LogP contribution >= 0.6 is 11.6 Å². The smallest absolute Gasteiger partial charge is 0.433 e. The average Bonchev–Trinajstić information content (AvgIpc) is 3.61. The Bertz CT molecular complexity index is 1980. The molecule has 266 valence electrons. The van der Waals surface area contributed by atoms with Crippen molar-refractivity contribution in [1.82, 2.24) is 24.6 Å². The quantitative estimate of drug-likeness (QED) is 0.152. The zero-order valence-electron chi connectivity index (χ0n) is 27.3. The number of hydroxylamine groups is 2. The normalized spacial score (nSPS) is 19.5. The first-order chi connectivity index (χ1) is 24.3. The number of pyridine rings is 3. The number of carbonyl (C=O) groups excluding carboxylic acids is 4. The van der Waals surface area contributed by atoms with Crippen molar-refractivity contribution in [2.24, 2.45) is 5.41 Å². The monoisotopic (exact) mass is 724 g/mol. The third-order valence-corrected chi connectivity index (χ3v) is 9.02. The van der Waals surface area contributed by atoms with Gasteiger partial charge >= 0.3 is 18.2 Å². The first kappa shape index (κ1) is 35.5. The van der Waals surface area contributed by atoms with Crippen LogP contribution < -0.4 is 5.32 Å². The molecule has 0 radical (unpaired) electrons. The molecule has 1 N–H and O–H groups in total. The van der Waals surface area contributed by atoms with Gasteiger partial charge in [-0.05, 0) is 73.6 Å². The standard InChI is InChI=1S/C35H32ClF3N6O6/c1-34(32(48)51-45-29(46)9-10-30(45)47)12-3-2-4-25(11-13-34)50-33(49)44-20-23(26-15-24(36)19-43-31(26)44)14-21-6-8-28(41-16-21)42-18-22-5-7-27(40-17-22)35(37,38)39/h2,4-8,15-17,19-20,25H,3,9-14,18H2,1H3,(H,41,42)/t25?,34-/m1/s1. The van der Waals surface area contributed by atoms with Gasteiger partial charge in [-0.15, -0.1) is 5.06 Å². The van der Waals surface area contributed by atoms with E-state index in [1.807, 2.05) is 12.1 Å². The summed E-state index contributed by atoms with van der Waals surface area (Å²) in [5, 5.41) is 4.60. The Balaban J connectivity index is 1.11. The lowest BCUT2D eigenvalue weighted by atomic mass is 9.79. The van der Waals surface area contributed by atoms with Crippen molar-refractivity contribution >= 4 is 52.3 Å². The second-order valence-corrected chi connectivity index (χ2v) is 13.1. The zero-order chi connectivity index (χ0) is 36.3. The van der Waals surface area contributed by atoms with E-state index in [1.54, 1.807) is 37.5 Å². The molecule has 16 heteroatoms. The second kappa shape index (κ2) is 14.5. The molecule has 0 spiro atoms. The van der Waals surface area contributed by atoms with Crippen molar-refractivity contribution in [3.63, 3.8) is 0 Å². The number of alkyl halides is 3. The molecule has 6 rings (SSSR count). The van der Waals surface area contributed by atoms with Crippen LogP contribution in [0.15, 0.2) is 67.3 Å². The molecule has 1 unspecified atom stereocenters. The summed E-state index contributed by atoms with van der Waals surface area (Å²) in [4.78, 5) is 68.1. The van der Waals surface area contributed by atoms with Gasteiger partial charge < -0.3 is 14.9 Å². The van der Waals surface area contributed by atoms with Gasteiger partial charge in [0.1, 0.15) is 23.3 Å². The summed E-state index contributed by atoms with van der Waals surface area (Å²) in [7, 11) is 0. The number of ether oxygens (including phenoxy) is 1. The van der Waals surface area contributed by atoms with E-state index in [0.29, 0.717) is 51.8 Å². The molecule has 51 heavy (non-hydrogen) atoms. The summed E-state index contributed by atoms with van der Waals surface area (Å²) in [5.41, 5.74) is 0.427. The van der Waals surface area contributed by atoms with Crippen LogP contribution in [0.25, 0.3) is 11.0 Å². The summed E-state index contributed by atoms with van der Waals surface area (Å²) in [6.45, 7) is 1.92. The van der Waals surface area contributed by atoms with Crippen molar-refractivity contribution in [3.05, 3.63) is 94.7 Å². The summed E-state index contributed by atoms with van der Waals surface area (Å²) in [6.07, 6.45) is 5.36. The van der Waals surface area contributed by atoms with Crippen LogP contribution in [0.1, 0.15) is 67.8 Å². The van der Waals surface area contributed by atoms with Gasteiger partial charge in [-0.2, -0.15) is 13.2 Å². The highest BCUT2D eigenvalue weighted by Crippen LogP contribution is 2.35. The van der Waals surface area contributed by atoms with Gasteiger partial charge in [-0.3, -0.25) is 14.6 Å². The second-order valence-electron chi connectivity index (χ2n) is 12.6. The Labute approximate surface area is 294 Å². The van der Waals surface area contributed by atoms with Crippen molar-refractivity contribution in [2.75, 3.05) is 5.32 Å². The first-order valence-corrected chi connectivity index (χ1v) is 16.5. The van der Waals surface area contributed by atoms with Crippen molar-refractivity contribution < 1.29 is 41.9 Å². The van der Waals surface area contributed by atoms with Crippen LogP contribution in [-0.4, -0.2) is 54.6 Å². The summed E-state index contributed by atoms with van der Waals surface area (Å²) < 4.78 is 45.5. The van der Waals surface area contributed by atoms with E-state index in [-0.39, 0.29) is 32.2 Å². The predicted molar refractivity (Wildman–Crippen MR) is 177 cm³/mol. The summed E-state index contributed by atoms with van der Waals surface area (Å²) >= 11 is 6.27. The molecular formula is C35H32ClF3N6O6. The number of carbonyl (C=O) groups is 4. The Morgan fingerprint density at radius 1 is 1.02 bits per heavy atom. The molecule has 1 aliphatic carbocycles. The molecule has 4 aromatic rings. The average molecular weight is 725 g/mol. The van der Waals surface area contributed by atoms with Crippen molar-refractivity contribution in [1.29, 1.82) is 0 Å². The van der Waals surface area contributed by atoms with Gasteiger partial charge in [0.2, 0.25) is 0 Å². The Kier molecular flexibility index (Phi) is 10.1. The molecule has 0 aromatic carbocycles. The molecule has 2 atom stereocenters. The highest BCUT2D eigenvalue weighted by atomic mass is 35.5. The number of hydrogen-bond acceptors (Lipinski definition) is 10. The van der Waals surface area contributed by atoms with Gasteiger partial charge in [-0.1, -0.05) is 29.8 Å². The molecule has 4 aromatic heterocycles. The maximum absolute atomic E-state index is 13.6. The van der Waals surface area contributed by atoms with E-state index in [4.69, 9.17) is 21.2 Å². The number of nitrogens with one attached hydrogen (secondary N) is 1. The van der Waals surface area contributed by atoms with E-state index < -0.39 is 47.3 Å². The third kappa shape index (κ3) is 8.20. The van der Waals surface area contributed by atoms with Crippen LogP contribution in [0.2, 0.25) is 5.02 Å². The van der Waals surface area contributed by atoms with Crippen LogP contribution in [0, 0.1) is 5.41 Å². The predicted octanol–water partition coefficient (Wildman–Crippen LogP) is 6.80. The van der Waals surface area contributed by atoms with E-state index in [1.165, 1.54) is 16.8 Å². The number of aromatic nitrogens is 4. The number of amides is 2. The van der Waals surface area contributed by atoms with E-state index >= 15 is 0 Å². The SMILES string of the molecule is C[C@@]1(C(=O)ON2C(=O)CCC2=O)CCC=CC(OC(=O)n2cc(Cc3ccc(NCc4ccc(C(F)(F)F)nc4)nc3)c3cc(Cl)cnc32)CC1. The largest absolute Gasteiger partial charge is 0.441 e. The minimum absolute atomic E-state index is 0.00349. The number of allylic oxidation sites excluding steroid dienone is 1. The number of anilines is 1. The fourth-order valence-corrected chi connectivity index (χ4v) is 6.00. The lowest BCUT2D eigenvalue weighted by molar-refractivity contribution is -0.205.